The van der Waals surface area contributed by atoms with Crippen LogP contribution in [0.4, 0.5) is 23.5 Å². The summed E-state index contributed by atoms with van der Waals surface area (Å²) < 4.78 is 0. The lowest BCUT2D eigenvalue weighted by molar-refractivity contribution is 0.0646. The Bertz CT molecular complexity index is 2390. The smallest absolute Gasteiger partial charge is 0.261 e. The highest BCUT2D eigenvalue weighted by Gasteiger charge is 2.35. The van der Waals surface area contributed by atoms with Gasteiger partial charge in [0, 0.05) is 81.2 Å². The fraction of sp³-hybridized carbons (Fsp3) is 0.548. The van der Waals surface area contributed by atoms with Gasteiger partial charge in [-0.2, -0.15) is 9.97 Å². The van der Waals surface area contributed by atoms with Gasteiger partial charge in [-0.15, -0.1) is 0 Å². The molecule has 5 heterocycles. The number of aryl methyl sites for hydroxylation is 2. The van der Waals surface area contributed by atoms with Gasteiger partial charge < -0.3 is 27.0 Å². The van der Waals surface area contributed by atoms with E-state index in [0.29, 0.717) is 29.6 Å². The molecule has 422 valence electrons. The number of nitrogens with zero attached hydrogens (tertiary/aromatic N) is 9. The van der Waals surface area contributed by atoms with Crippen LogP contribution in [0, 0.1) is 0 Å². The lowest BCUT2D eigenvalue weighted by atomic mass is 9.89. The molecule has 14 nitrogen and oxygen atoms in total. The number of aromatic nitrogens is 4. The van der Waals surface area contributed by atoms with Crippen LogP contribution in [0.15, 0.2) is 72.8 Å². The molecule has 0 atom stereocenters. The van der Waals surface area contributed by atoms with Crippen molar-refractivity contribution in [3.63, 3.8) is 0 Å². The van der Waals surface area contributed by atoms with E-state index in [0.717, 1.165) is 139 Å². The van der Waals surface area contributed by atoms with Crippen LogP contribution >= 0.6 is 0 Å². The fourth-order valence-electron chi connectivity index (χ4n) is 9.44. The van der Waals surface area contributed by atoms with Crippen molar-refractivity contribution in [1.29, 1.82) is 0 Å². The molecule has 0 spiro atoms. The summed E-state index contributed by atoms with van der Waals surface area (Å²) in [6, 6.07) is 24.0. The van der Waals surface area contributed by atoms with Crippen LogP contribution < -0.4 is 27.0 Å². The third-order valence-corrected chi connectivity index (χ3v) is 12.6. The zero-order valence-electron chi connectivity index (χ0n) is 47.6. The SMILES string of the molecule is C.C.CC.CC.CC.CC.CCC.CCC.NCCCN1CCN(c2nc(N)nc3c2CCc2ccccc2-3)CC1.Nc1nc2c(c(N3CCN(CCCN4C(=O)c5ccccc5C4=O)CC3)n1)CCc1ccccc1-2. The van der Waals surface area contributed by atoms with Crippen molar-refractivity contribution in [2.24, 2.45) is 5.73 Å². The number of piperazine rings is 2. The van der Waals surface area contributed by atoms with Crippen LogP contribution in [-0.4, -0.2) is 125 Å². The monoisotopic (exact) mass is 1050 g/mol. The first-order valence-corrected chi connectivity index (χ1v) is 28.3. The third kappa shape index (κ3) is 17.8. The summed E-state index contributed by atoms with van der Waals surface area (Å²) >= 11 is 0. The first kappa shape index (κ1) is 68.1. The summed E-state index contributed by atoms with van der Waals surface area (Å²) in [5.74, 6) is 2.34. The Morgan fingerprint density at radius 1 is 0.447 bits per heavy atom. The summed E-state index contributed by atoms with van der Waals surface area (Å²) in [5.41, 5.74) is 28.3. The summed E-state index contributed by atoms with van der Waals surface area (Å²) in [6.07, 6.45) is 8.25. The minimum Gasteiger partial charge on any atom is -0.368 e. The van der Waals surface area contributed by atoms with E-state index in [1.165, 1.54) is 45.6 Å². The van der Waals surface area contributed by atoms with Gasteiger partial charge in [0.05, 0.1) is 22.5 Å². The topological polar surface area (TPSA) is 180 Å². The number of hydrogen-bond donors (Lipinski definition) is 3. The molecule has 3 aromatic carbocycles. The van der Waals surface area contributed by atoms with Crippen molar-refractivity contribution in [3.8, 4) is 22.5 Å². The lowest BCUT2D eigenvalue weighted by Crippen LogP contribution is -2.48. The first-order valence-electron chi connectivity index (χ1n) is 28.3. The van der Waals surface area contributed by atoms with E-state index in [1.807, 2.05) is 61.5 Å². The van der Waals surface area contributed by atoms with Crippen LogP contribution in [0.2, 0.25) is 0 Å². The number of fused-ring (bicyclic) bond motifs is 7. The molecule has 0 bridgehead atoms. The molecular formula is C62H102N12O2. The molecule has 2 fully saturated rings. The van der Waals surface area contributed by atoms with E-state index in [9.17, 15) is 9.59 Å². The summed E-state index contributed by atoms with van der Waals surface area (Å²) in [6.45, 7) is 35.2. The maximum atomic E-state index is 12.6. The number of carbonyl (C=O) groups excluding carboxylic acids is 2. The molecule has 14 heteroatoms. The van der Waals surface area contributed by atoms with E-state index >= 15 is 0 Å². The molecule has 2 amide bonds. The molecule has 0 saturated carbocycles. The Labute approximate surface area is 461 Å². The zero-order valence-corrected chi connectivity index (χ0v) is 47.6. The Kier molecular flexibility index (Phi) is 33.1. The van der Waals surface area contributed by atoms with Crippen molar-refractivity contribution in [2.75, 3.05) is 99.8 Å². The highest BCUT2D eigenvalue weighted by Crippen LogP contribution is 2.38. The average Bonchev–Trinajstić information content (AvgIpc) is 3.70. The molecule has 0 radical (unpaired) electrons. The van der Waals surface area contributed by atoms with Gasteiger partial charge >= 0.3 is 0 Å². The summed E-state index contributed by atoms with van der Waals surface area (Å²) in [5, 5.41) is 0. The van der Waals surface area contributed by atoms with E-state index < -0.39 is 0 Å². The predicted molar refractivity (Wildman–Crippen MR) is 327 cm³/mol. The van der Waals surface area contributed by atoms with Crippen LogP contribution in [0.5, 0.6) is 0 Å². The lowest BCUT2D eigenvalue weighted by Gasteiger charge is -2.37. The zero-order chi connectivity index (χ0) is 54.6. The number of anilines is 4. The van der Waals surface area contributed by atoms with Crippen molar-refractivity contribution in [1.82, 2.24) is 34.6 Å². The Balaban J connectivity index is 0.000000621. The number of hydrogen-bond acceptors (Lipinski definition) is 13. The molecule has 0 unspecified atom stereocenters. The standard InChI is InChI=1S/C27H28N6O2.C19H26N6.2C3H8.4C2H6.2CH4/c28-27-29-23-19-7-2-1-6-18(19)10-11-22(23)24(30-27)32-16-14-31(15-17-32)12-5-13-33-25(34)20-8-3-4-9-21(20)26(33)35;20-8-3-9-24-10-12-25(13-11-24)18-16-7-6-14-4-1-2-5-15(14)17(16)22-19(21)23-18;2*1-3-2;4*1-2;;/h1-4,6-9H,5,10-17H2,(H2,28,29,30);1-2,4-5H,3,6-13,20H2,(H2,21,22,23);2*3H2,1-2H3;4*1-2H3;2*1H4. The summed E-state index contributed by atoms with van der Waals surface area (Å²) in [4.78, 5) is 54.6. The van der Waals surface area contributed by atoms with Gasteiger partial charge in [-0.3, -0.25) is 24.3 Å². The molecule has 2 aromatic heterocycles. The van der Waals surface area contributed by atoms with Gasteiger partial charge in [0.25, 0.3) is 11.8 Å². The highest BCUT2D eigenvalue weighted by molar-refractivity contribution is 6.21. The quantitative estimate of drug-likeness (QED) is 0.119. The van der Waals surface area contributed by atoms with E-state index in [-0.39, 0.29) is 26.7 Å². The largest absolute Gasteiger partial charge is 0.368 e. The Hall–Kier alpha value is -5.96. The maximum absolute atomic E-state index is 12.6. The number of imide groups is 1. The summed E-state index contributed by atoms with van der Waals surface area (Å²) in [7, 11) is 0. The number of benzene rings is 3. The number of nitrogen functional groups attached to an aromatic ring is 2. The molecule has 2 saturated heterocycles. The number of amides is 2. The highest BCUT2D eigenvalue weighted by atomic mass is 16.2. The van der Waals surface area contributed by atoms with Crippen molar-refractivity contribution in [3.05, 3.63) is 106 Å². The van der Waals surface area contributed by atoms with Gasteiger partial charge in [-0.1, -0.05) is 171 Å². The Morgan fingerprint density at radius 3 is 1.13 bits per heavy atom. The third-order valence-electron chi connectivity index (χ3n) is 12.6. The van der Waals surface area contributed by atoms with Crippen molar-refractivity contribution < 1.29 is 9.59 Å². The second-order valence-corrected chi connectivity index (χ2v) is 17.7. The molecule has 10 rings (SSSR count). The van der Waals surface area contributed by atoms with Crippen molar-refractivity contribution in [2.45, 2.75) is 149 Å². The first-order chi connectivity index (χ1) is 36.2. The average molecular weight is 1050 g/mol. The van der Waals surface area contributed by atoms with Crippen LogP contribution in [0.3, 0.4) is 0 Å². The van der Waals surface area contributed by atoms with Crippen molar-refractivity contribution >= 4 is 35.3 Å². The molecule has 3 aliphatic heterocycles. The minimum absolute atomic E-state index is 0. The number of rotatable bonds is 9. The number of nitrogens with two attached hydrogens (primary N) is 3. The molecule has 76 heavy (non-hydrogen) atoms. The second-order valence-electron chi connectivity index (χ2n) is 17.7. The molecular weight excluding hydrogens is 945 g/mol. The fourth-order valence-corrected chi connectivity index (χ4v) is 9.44. The van der Waals surface area contributed by atoms with Gasteiger partial charge in [-0.25, -0.2) is 9.97 Å². The Morgan fingerprint density at radius 2 is 0.776 bits per heavy atom. The molecule has 2 aliphatic carbocycles. The van der Waals surface area contributed by atoms with E-state index in [2.05, 4.69) is 110 Å². The van der Waals surface area contributed by atoms with E-state index in [1.54, 1.807) is 24.3 Å². The normalized spacial score (nSPS) is 14.5. The molecule has 5 aromatic rings. The number of carbonyl (C=O) groups is 2. The van der Waals surface area contributed by atoms with Crippen LogP contribution in [0.25, 0.3) is 22.5 Å². The van der Waals surface area contributed by atoms with Gasteiger partial charge in [0.2, 0.25) is 11.9 Å². The molecule has 5 aliphatic rings. The second kappa shape index (κ2) is 36.9. The van der Waals surface area contributed by atoms with Crippen LogP contribution in [0.1, 0.15) is 167 Å². The van der Waals surface area contributed by atoms with Gasteiger partial charge in [0.15, 0.2) is 0 Å². The minimum atomic E-state index is -0.178. The maximum Gasteiger partial charge on any atom is 0.261 e. The predicted octanol–water partition coefficient (Wildman–Crippen LogP) is 12.1. The van der Waals surface area contributed by atoms with Gasteiger partial charge in [0.1, 0.15) is 11.6 Å². The van der Waals surface area contributed by atoms with Crippen LogP contribution in [-0.2, 0) is 25.7 Å². The van der Waals surface area contributed by atoms with Gasteiger partial charge in [-0.05, 0) is 81.4 Å². The molecule has 6 N–H and O–H groups in total. The van der Waals surface area contributed by atoms with E-state index in [4.69, 9.17) is 17.2 Å².